The number of carbonyl (C=O) groups excluding carboxylic acids is 1. The van der Waals surface area contributed by atoms with Gasteiger partial charge in [-0.2, -0.15) is 0 Å². The van der Waals surface area contributed by atoms with Crippen LogP contribution in [0, 0.1) is 0 Å². The maximum atomic E-state index is 13.0. The van der Waals surface area contributed by atoms with Crippen molar-refractivity contribution in [3.63, 3.8) is 0 Å². The number of nitrogens with zero attached hydrogens (tertiary/aromatic N) is 5. The normalized spacial score (nSPS) is 10.5. The Labute approximate surface area is 152 Å². The van der Waals surface area contributed by atoms with Crippen LogP contribution in [0.25, 0.3) is 11.4 Å². The molecule has 3 aromatic rings. The summed E-state index contributed by atoms with van der Waals surface area (Å²) in [5, 5.41) is 11.7. The van der Waals surface area contributed by atoms with E-state index in [1.807, 2.05) is 61.5 Å². The van der Waals surface area contributed by atoms with E-state index in [-0.39, 0.29) is 5.91 Å². The van der Waals surface area contributed by atoms with E-state index < -0.39 is 0 Å². The number of tetrazole rings is 1. The van der Waals surface area contributed by atoms with Crippen LogP contribution in [0.5, 0.6) is 0 Å². The van der Waals surface area contributed by atoms with E-state index in [4.69, 9.17) is 0 Å². The van der Waals surface area contributed by atoms with Gasteiger partial charge in [-0.3, -0.25) is 4.79 Å². The number of aromatic nitrogens is 4. The molecule has 6 heteroatoms. The van der Waals surface area contributed by atoms with Crippen molar-refractivity contribution in [2.24, 2.45) is 0 Å². The average Bonchev–Trinajstić information content (AvgIpc) is 3.17. The monoisotopic (exact) mass is 347 g/mol. The van der Waals surface area contributed by atoms with Gasteiger partial charge in [0.1, 0.15) is 0 Å². The minimum Gasteiger partial charge on any atom is -0.331 e. The van der Waals surface area contributed by atoms with Gasteiger partial charge in [0.15, 0.2) is 5.82 Å². The van der Waals surface area contributed by atoms with Crippen LogP contribution < -0.4 is 0 Å². The quantitative estimate of drug-likeness (QED) is 0.616. The summed E-state index contributed by atoms with van der Waals surface area (Å²) < 4.78 is 1.70. The summed E-state index contributed by atoms with van der Waals surface area (Å²) in [6.45, 7) is 7.42. The Morgan fingerprint density at radius 1 is 1.19 bits per heavy atom. The highest BCUT2D eigenvalue weighted by molar-refractivity contribution is 5.95. The molecule has 0 spiro atoms. The summed E-state index contributed by atoms with van der Waals surface area (Å²) in [7, 11) is 0. The number of carbonyl (C=O) groups is 1. The largest absolute Gasteiger partial charge is 0.331 e. The third kappa shape index (κ3) is 3.85. The van der Waals surface area contributed by atoms with E-state index in [0.717, 1.165) is 11.1 Å². The van der Waals surface area contributed by atoms with E-state index in [2.05, 4.69) is 22.1 Å². The molecule has 3 rings (SSSR count). The predicted molar refractivity (Wildman–Crippen MR) is 100 cm³/mol. The fraction of sp³-hybridized carbons (Fsp3) is 0.200. The van der Waals surface area contributed by atoms with Gasteiger partial charge in [0.05, 0.1) is 0 Å². The zero-order chi connectivity index (χ0) is 18.4. The van der Waals surface area contributed by atoms with E-state index in [1.165, 1.54) is 0 Å². The fourth-order valence-corrected chi connectivity index (χ4v) is 2.78. The topological polar surface area (TPSA) is 63.9 Å². The number of benzene rings is 2. The molecule has 0 aliphatic rings. The Hall–Kier alpha value is -3.28. The summed E-state index contributed by atoms with van der Waals surface area (Å²) in [6, 6.07) is 17.3. The third-order valence-electron chi connectivity index (χ3n) is 4.05. The molecule has 0 atom stereocenters. The van der Waals surface area contributed by atoms with Crippen molar-refractivity contribution in [3.8, 4) is 11.4 Å². The summed E-state index contributed by atoms with van der Waals surface area (Å²) in [5.74, 6) is 0.603. The second-order valence-electron chi connectivity index (χ2n) is 5.86. The first-order chi connectivity index (χ1) is 12.7. The standard InChI is InChI=1S/C20H21N5O/c1-3-13-24(15-16-9-6-5-7-10-16)20(26)18-12-8-11-17(14-18)19-21-22-23-25(19)4-2/h3,5-12,14H,1,4,13,15H2,2H3. The Morgan fingerprint density at radius 3 is 2.73 bits per heavy atom. The molecule has 1 aromatic heterocycles. The first kappa shape index (κ1) is 17.5. The Morgan fingerprint density at radius 2 is 2.00 bits per heavy atom. The molecule has 0 radical (unpaired) electrons. The van der Waals surface area contributed by atoms with Gasteiger partial charge in [0.2, 0.25) is 0 Å². The SMILES string of the molecule is C=CCN(Cc1ccccc1)C(=O)c1cccc(-c2nnnn2CC)c1. The number of rotatable bonds is 7. The number of hydrogen-bond donors (Lipinski definition) is 0. The van der Waals surface area contributed by atoms with Gasteiger partial charge in [0, 0.05) is 30.8 Å². The van der Waals surface area contributed by atoms with Gasteiger partial charge in [-0.15, -0.1) is 11.7 Å². The van der Waals surface area contributed by atoms with E-state index in [9.17, 15) is 4.79 Å². The molecule has 0 bridgehead atoms. The molecular weight excluding hydrogens is 326 g/mol. The van der Waals surface area contributed by atoms with E-state index >= 15 is 0 Å². The second-order valence-corrected chi connectivity index (χ2v) is 5.86. The van der Waals surface area contributed by atoms with Gasteiger partial charge in [-0.25, -0.2) is 4.68 Å². The van der Waals surface area contributed by atoms with Crippen LogP contribution in [0.4, 0.5) is 0 Å². The lowest BCUT2D eigenvalue weighted by molar-refractivity contribution is 0.0762. The minimum atomic E-state index is -0.0499. The maximum absolute atomic E-state index is 13.0. The average molecular weight is 347 g/mol. The van der Waals surface area contributed by atoms with Crippen molar-refractivity contribution in [3.05, 3.63) is 78.4 Å². The molecule has 6 nitrogen and oxygen atoms in total. The van der Waals surface area contributed by atoms with E-state index in [0.29, 0.717) is 31.0 Å². The summed E-state index contributed by atoms with van der Waals surface area (Å²) in [5.41, 5.74) is 2.50. The highest BCUT2D eigenvalue weighted by atomic mass is 16.2. The molecule has 0 saturated carbocycles. The summed E-state index contributed by atoms with van der Waals surface area (Å²) in [4.78, 5) is 14.8. The molecular formula is C20H21N5O. The van der Waals surface area contributed by atoms with Crippen molar-refractivity contribution >= 4 is 5.91 Å². The molecule has 26 heavy (non-hydrogen) atoms. The van der Waals surface area contributed by atoms with Gasteiger partial charge in [0.25, 0.3) is 5.91 Å². The first-order valence-electron chi connectivity index (χ1n) is 8.53. The van der Waals surface area contributed by atoms with Gasteiger partial charge in [-0.05, 0) is 35.0 Å². The highest BCUT2D eigenvalue weighted by Gasteiger charge is 2.17. The van der Waals surface area contributed by atoms with Crippen LogP contribution in [0.2, 0.25) is 0 Å². The molecule has 0 saturated heterocycles. The lowest BCUT2D eigenvalue weighted by Gasteiger charge is -2.21. The molecule has 2 aromatic carbocycles. The molecule has 0 aliphatic heterocycles. The molecule has 1 heterocycles. The number of aryl methyl sites for hydroxylation is 1. The van der Waals surface area contributed by atoms with Crippen molar-refractivity contribution < 1.29 is 4.79 Å². The second kappa shape index (κ2) is 8.20. The highest BCUT2D eigenvalue weighted by Crippen LogP contribution is 2.19. The zero-order valence-corrected chi connectivity index (χ0v) is 14.7. The molecule has 132 valence electrons. The van der Waals surface area contributed by atoms with Gasteiger partial charge < -0.3 is 4.90 Å². The van der Waals surface area contributed by atoms with E-state index in [1.54, 1.807) is 15.7 Å². The Balaban J connectivity index is 1.87. The molecule has 0 unspecified atom stereocenters. The lowest BCUT2D eigenvalue weighted by Crippen LogP contribution is -2.30. The van der Waals surface area contributed by atoms with Crippen LogP contribution in [-0.2, 0) is 13.1 Å². The molecule has 0 N–H and O–H groups in total. The Bertz CT molecular complexity index is 888. The van der Waals surface area contributed by atoms with Crippen molar-refractivity contribution in [1.82, 2.24) is 25.1 Å². The predicted octanol–water partition coefficient (Wildman–Crippen LogP) is 3.19. The first-order valence-corrected chi connectivity index (χ1v) is 8.53. The maximum Gasteiger partial charge on any atom is 0.254 e. The van der Waals surface area contributed by atoms with Crippen LogP contribution in [0.3, 0.4) is 0 Å². The summed E-state index contributed by atoms with van der Waals surface area (Å²) >= 11 is 0. The molecule has 1 amide bonds. The Kier molecular flexibility index (Phi) is 5.53. The fourth-order valence-electron chi connectivity index (χ4n) is 2.78. The molecule has 0 fully saturated rings. The third-order valence-corrected chi connectivity index (χ3v) is 4.05. The smallest absolute Gasteiger partial charge is 0.254 e. The molecule has 0 aliphatic carbocycles. The minimum absolute atomic E-state index is 0.0499. The van der Waals surface area contributed by atoms with Crippen molar-refractivity contribution in [2.45, 2.75) is 20.0 Å². The van der Waals surface area contributed by atoms with Gasteiger partial charge in [-0.1, -0.05) is 48.5 Å². The number of amides is 1. The number of hydrogen-bond acceptors (Lipinski definition) is 4. The summed E-state index contributed by atoms with van der Waals surface area (Å²) in [6.07, 6.45) is 1.74. The van der Waals surface area contributed by atoms with Crippen molar-refractivity contribution in [2.75, 3.05) is 6.54 Å². The van der Waals surface area contributed by atoms with Crippen molar-refractivity contribution in [1.29, 1.82) is 0 Å². The lowest BCUT2D eigenvalue weighted by atomic mass is 10.1. The van der Waals surface area contributed by atoms with Crippen LogP contribution in [0.1, 0.15) is 22.8 Å². The van der Waals surface area contributed by atoms with Crippen LogP contribution in [-0.4, -0.2) is 37.6 Å². The zero-order valence-electron chi connectivity index (χ0n) is 14.7. The van der Waals surface area contributed by atoms with Crippen LogP contribution >= 0.6 is 0 Å². The van der Waals surface area contributed by atoms with Crippen LogP contribution in [0.15, 0.2) is 67.3 Å². The van der Waals surface area contributed by atoms with Gasteiger partial charge >= 0.3 is 0 Å².